The molecule has 0 saturated carbocycles. The Balaban J connectivity index is 1.53. The second-order valence-corrected chi connectivity index (χ2v) is 7.09. The van der Waals surface area contributed by atoms with Gasteiger partial charge in [-0.05, 0) is 25.2 Å². The largest absolute Gasteiger partial charge is 0.491 e. The number of carbonyl (C=O) groups excluding carboxylic acids is 2. The number of benzene rings is 1. The van der Waals surface area contributed by atoms with E-state index < -0.39 is 23.0 Å². The Bertz CT molecular complexity index is 779. The number of aliphatic hydroxyl groups is 1. The van der Waals surface area contributed by atoms with E-state index in [0.29, 0.717) is 12.3 Å². The maximum absolute atomic E-state index is 12.4. The summed E-state index contributed by atoms with van der Waals surface area (Å²) in [7, 11) is 2.06. The van der Waals surface area contributed by atoms with E-state index in [9.17, 15) is 24.8 Å². The summed E-state index contributed by atoms with van der Waals surface area (Å²) in [6.45, 7) is 3.65. The molecule has 0 bridgehead atoms. The summed E-state index contributed by atoms with van der Waals surface area (Å²) in [4.78, 5) is 44.4. The van der Waals surface area contributed by atoms with Crippen molar-refractivity contribution in [3.63, 3.8) is 0 Å². The van der Waals surface area contributed by atoms with Crippen LogP contribution in [0.15, 0.2) is 18.2 Å². The van der Waals surface area contributed by atoms with Crippen molar-refractivity contribution in [2.24, 2.45) is 0 Å². The Labute approximate surface area is 167 Å². The maximum atomic E-state index is 12.4. The highest BCUT2D eigenvalue weighted by Gasteiger charge is 2.35. The van der Waals surface area contributed by atoms with Crippen LogP contribution in [-0.4, -0.2) is 102 Å². The number of piperazine rings is 1. The van der Waals surface area contributed by atoms with Crippen LogP contribution in [0, 0.1) is 10.1 Å². The standard InChI is InChI=1S/C18H24N4O7/c1-19-4-6-20(7-5-19)11-13(23)12-28-14-2-3-15-16(10-14)18(25)21(17(15)24)8-9-29-22(26)27/h2-3,10,13,23H,4-9,11-12H2,1H3. The zero-order valence-corrected chi connectivity index (χ0v) is 16.2. The number of aliphatic hydroxyl groups excluding tert-OH is 1. The van der Waals surface area contributed by atoms with Crippen LogP contribution in [0.5, 0.6) is 5.75 Å². The lowest BCUT2D eigenvalue weighted by molar-refractivity contribution is -0.757. The molecule has 29 heavy (non-hydrogen) atoms. The van der Waals surface area contributed by atoms with Crippen molar-refractivity contribution >= 4 is 11.8 Å². The van der Waals surface area contributed by atoms with Crippen molar-refractivity contribution in [1.82, 2.24) is 14.7 Å². The number of imide groups is 1. The zero-order chi connectivity index (χ0) is 21.0. The topological polar surface area (TPSA) is 126 Å². The van der Waals surface area contributed by atoms with Crippen LogP contribution in [0.25, 0.3) is 0 Å². The van der Waals surface area contributed by atoms with E-state index in [0.717, 1.165) is 31.1 Å². The van der Waals surface area contributed by atoms with Crippen molar-refractivity contribution in [3.05, 3.63) is 39.4 Å². The van der Waals surface area contributed by atoms with E-state index in [2.05, 4.69) is 21.7 Å². The number of amides is 2. The molecule has 2 heterocycles. The Morgan fingerprint density at radius 2 is 1.86 bits per heavy atom. The number of hydrogen-bond acceptors (Lipinski definition) is 9. The van der Waals surface area contributed by atoms with Gasteiger partial charge in [0.05, 0.1) is 17.7 Å². The molecule has 1 aromatic rings. The van der Waals surface area contributed by atoms with E-state index in [1.54, 1.807) is 6.07 Å². The molecule has 0 aliphatic carbocycles. The molecule has 11 heteroatoms. The van der Waals surface area contributed by atoms with Crippen LogP contribution in [0.3, 0.4) is 0 Å². The Hall–Kier alpha value is -2.76. The first-order chi connectivity index (χ1) is 13.8. The fourth-order valence-electron chi connectivity index (χ4n) is 3.34. The molecule has 1 fully saturated rings. The molecule has 158 valence electrons. The molecular weight excluding hydrogens is 384 g/mol. The molecule has 1 N–H and O–H groups in total. The highest BCUT2D eigenvalue weighted by Crippen LogP contribution is 2.26. The summed E-state index contributed by atoms with van der Waals surface area (Å²) in [5, 5.41) is 19.5. The van der Waals surface area contributed by atoms with Crippen molar-refractivity contribution in [2.75, 3.05) is 59.5 Å². The van der Waals surface area contributed by atoms with E-state index in [1.807, 2.05) is 0 Å². The third-order valence-electron chi connectivity index (χ3n) is 4.96. The number of likely N-dealkylation sites (N-methyl/N-ethyl adjacent to an activating group) is 1. The molecular formula is C18H24N4O7. The van der Waals surface area contributed by atoms with Gasteiger partial charge >= 0.3 is 0 Å². The quantitative estimate of drug-likeness (QED) is 0.326. The smallest absolute Gasteiger partial charge is 0.294 e. The number of β-amino-alcohol motifs (C(OH)–C–C–N with tert-alkyl or cyclic N) is 1. The lowest BCUT2D eigenvalue weighted by atomic mass is 10.1. The van der Waals surface area contributed by atoms with Crippen LogP contribution in [0.4, 0.5) is 0 Å². The predicted octanol–water partition coefficient (Wildman–Crippen LogP) is -0.522. The molecule has 0 radical (unpaired) electrons. The average Bonchev–Trinajstić information content (AvgIpc) is 2.92. The molecule has 2 aliphatic rings. The van der Waals surface area contributed by atoms with Crippen LogP contribution in [-0.2, 0) is 4.84 Å². The number of carbonyl (C=O) groups is 2. The maximum Gasteiger partial charge on any atom is 0.294 e. The summed E-state index contributed by atoms with van der Waals surface area (Å²) in [6.07, 6.45) is -0.681. The second-order valence-electron chi connectivity index (χ2n) is 7.09. The molecule has 1 unspecified atom stereocenters. The number of fused-ring (bicyclic) bond motifs is 1. The van der Waals surface area contributed by atoms with Crippen LogP contribution >= 0.6 is 0 Å². The summed E-state index contributed by atoms with van der Waals surface area (Å²) in [6, 6.07) is 4.49. The summed E-state index contributed by atoms with van der Waals surface area (Å²) < 4.78 is 5.60. The lowest BCUT2D eigenvalue weighted by Gasteiger charge is -2.33. The normalized spacial score (nSPS) is 18.6. The van der Waals surface area contributed by atoms with Gasteiger partial charge in [-0.15, -0.1) is 10.1 Å². The van der Waals surface area contributed by atoms with Gasteiger partial charge < -0.3 is 19.6 Å². The first-order valence-corrected chi connectivity index (χ1v) is 9.34. The Kier molecular flexibility index (Phi) is 6.62. The van der Waals surface area contributed by atoms with Crippen molar-refractivity contribution in [1.29, 1.82) is 0 Å². The van der Waals surface area contributed by atoms with E-state index in [1.165, 1.54) is 12.1 Å². The molecule has 0 aromatic heterocycles. The molecule has 2 aliphatic heterocycles. The fourth-order valence-corrected chi connectivity index (χ4v) is 3.34. The molecule has 2 amide bonds. The monoisotopic (exact) mass is 408 g/mol. The van der Waals surface area contributed by atoms with Crippen molar-refractivity contribution in [2.45, 2.75) is 6.10 Å². The lowest BCUT2D eigenvalue weighted by Crippen LogP contribution is -2.47. The van der Waals surface area contributed by atoms with Crippen molar-refractivity contribution in [3.8, 4) is 5.75 Å². The third kappa shape index (κ3) is 5.19. The summed E-state index contributed by atoms with van der Waals surface area (Å²) >= 11 is 0. The first kappa shape index (κ1) is 21.0. The predicted molar refractivity (Wildman–Crippen MR) is 100 cm³/mol. The van der Waals surface area contributed by atoms with Crippen LogP contribution in [0.1, 0.15) is 20.7 Å². The van der Waals surface area contributed by atoms with Gasteiger partial charge in [0.15, 0.2) is 0 Å². The number of ether oxygens (including phenoxy) is 1. The molecule has 1 atom stereocenters. The summed E-state index contributed by atoms with van der Waals surface area (Å²) in [5.41, 5.74) is 0.378. The number of nitrogens with zero attached hydrogens (tertiary/aromatic N) is 4. The van der Waals surface area contributed by atoms with E-state index >= 15 is 0 Å². The minimum atomic E-state index is -0.975. The highest BCUT2D eigenvalue weighted by atomic mass is 16.9. The Morgan fingerprint density at radius 3 is 2.55 bits per heavy atom. The zero-order valence-electron chi connectivity index (χ0n) is 16.2. The molecule has 1 saturated heterocycles. The van der Waals surface area contributed by atoms with Gasteiger partial charge in [-0.2, -0.15) is 0 Å². The SMILES string of the molecule is CN1CCN(CC(O)COc2ccc3c(c2)C(=O)N(CCO[N+](=O)[O-])C3=O)CC1. The Morgan fingerprint density at radius 1 is 1.17 bits per heavy atom. The number of rotatable bonds is 9. The van der Waals surface area contributed by atoms with Crippen molar-refractivity contribution < 1.29 is 29.4 Å². The minimum absolute atomic E-state index is 0.0631. The first-order valence-electron chi connectivity index (χ1n) is 9.34. The molecule has 1 aromatic carbocycles. The minimum Gasteiger partial charge on any atom is -0.491 e. The van der Waals surface area contributed by atoms with Gasteiger partial charge in [0, 0.05) is 32.7 Å². The van der Waals surface area contributed by atoms with E-state index in [4.69, 9.17) is 4.74 Å². The van der Waals surface area contributed by atoms with Gasteiger partial charge in [-0.3, -0.25) is 19.4 Å². The summed E-state index contributed by atoms with van der Waals surface area (Å²) in [5.74, 6) is -0.718. The van der Waals surface area contributed by atoms with Gasteiger partial charge in [0.1, 0.15) is 25.1 Å². The fraction of sp³-hybridized carbons (Fsp3) is 0.556. The third-order valence-corrected chi connectivity index (χ3v) is 4.96. The van der Waals surface area contributed by atoms with E-state index in [-0.39, 0.29) is 30.9 Å². The van der Waals surface area contributed by atoms with Gasteiger partial charge in [0.2, 0.25) is 0 Å². The van der Waals surface area contributed by atoms with Crippen LogP contribution < -0.4 is 4.74 Å². The molecule has 0 spiro atoms. The van der Waals surface area contributed by atoms with Gasteiger partial charge in [-0.1, -0.05) is 0 Å². The molecule has 3 rings (SSSR count). The van der Waals surface area contributed by atoms with Gasteiger partial charge in [0.25, 0.3) is 16.9 Å². The highest BCUT2D eigenvalue weighted by molar-refractivity contribution is 6.21. The average molecular weight is 408 g/mol. The van der Waals surface area contributed by atoms with Gasteiger partial charge in [-0.25, -0.2) is 0 Å². The second kappa shape index (κ2) is 9.16. The van der Waals surface area contributed by atoms with Crippen LogP contribution in [0.2, 0.25) is 0 Å². The number of hydrogen-bond donors (Lipinski definition) is 1. The molecule has 11 nitrogen and oxygen atoms in total.